The van der Waals surface area contributed by atoms with Gasteiger partial charge in [-0.1, -0.05) is 250 Å². The van der Waals surface area contributed by atoms with Crippen molar-refractivity contribution in [3.63, 3.8) is 0 Å². The zero-order chi connectivity index (χ0) is 93.0. The number of piperidine rings is 6. The molecule has 6 saturated heterocycles. The van der Waals surface area contributed by atoms with Gasteiger partial charge >= 0.3 is 0 Å². The van der Waals surface area contributed by atoms with Crippen molar-refractivity contribution < 1.29 is 13.9 Å². The fourth-order valence-corrected chi connectivity index (χ4v) is 22.2. The third kappa shape index (κ3) is 32.9. The summed E-state index contributed by atoms with van der Waals surface area (Å²) in [6.07, 6.45) is 13.1. The fourth-order valence-electron chi connectivity index (χ4n) is 18.9. The van der Waals surface area contributed by atoms with Crippen molar-refractivity contribution in [3.05, 3.63) is 203 Å². The van der Waals surface area contributed by atoms with E-state index in [0.29, 0.717) is 106 Å². The average molecular weight is 1960 g/mol. The Morgan fingerprint density at radius 3 is 0.712 bits per heavy atom. The molecule has 125 heavy (non-hydrogen) atoms. The summed E-state index contributed by atoms with van der Waals surface area (Å²) in [5, 5.41) is 17.8. The molecular formula is C103H148Cl12FN7O2. The van der Waals surface area contributed by atoms with Crippen LogP contribution in [0.1, 0.15) is 285 Å². The van der Waals surface area contributed by atoms with Gasteiger partial charge in [-0.3, -0.25) is 29.4 Å². The van der Waals surface area contributed by atoms with Gasteiger partial charge in [0.15, 0.2) is 0 Å². The first-order chi connectivity index (χ1) is 58.4. The highest BCUT2D eigenvalue weighted by molar-refractivity contribution is 6.37. The molecule has 0 bridgehead atoms. The lowest BCUT2D eigenvalue weighted by Gasteiger charge is -2.44. The van der Waals surface area contributed by atoms with Crippen molar-refractivity contribution in [3.8, 4) is 6.07 Å². The van der Waals surface area contributed by atoms with E-state index in [1.807, 2.05) is 86.6 Å². The summed E-state index contributed by atoms with van der Waals surface area (Å²) in [4.78, 5) is 14.8. The van der Waals surface area contributed by atoms with Gasteiger partial charge in [0.2, 0.25) is 0 Å². The maximum Gasteiger partial charge on any atom is 0.115 e. The smallest absolute Gasteiger partial charge is 0.115 e. The van der Waals surface area contributed by atoms with Gasteiger partial charge in [0.1, 0.15) is 5.67 Å². The van der Waals surface area contributed by atoms with Crippen LogP contribution in [0.5, 0.6) is 0 Å². The number of rotatable bonds is 20. The van der Waals surface area contributed by atoms with Gasteiger partial charge in [0.25, 0.3) is 0 Å². The van der Waals surface area contributed by atoms with Gasteiger partial charge in [-0.15, -0.1) is 0 Å². The van der Waals surface area contributed by atoms with Gasteiger partial charge < -0.3 is 9.47 Å². The SMILES string of the molecule is CC(C)C1(C#N)CCN([C@@H](C)c2cc(Cl)cc(Cl)c2)CC1.CC(C)C1(C)CCN([C@@H](C)c2cc(Cl)cc(Cl)c2)CC1.CC(C)C1(C)CCN([C@H](C)c2cc(Cl)cc(Cl)c2)CC1.CC(c1cc(Cl)cc(Cl)c1)N1CCC(F)(C(C)C)CC1.COC[C@@H](c1cc(Cl)cc(Cl)c1)N1CCC(C(C)(C)C)CC1.COC[C@H](c1cc(Cl)cc(Cl)c1)N1CCC(C(C)(C)C)CC1. The number of methoxy groups -OCH3 is 2. The number of halogens is 13. The highest BCUT2D eigenvalue weighted by Gasteiger charge is 2.42. The van der Waals surface area contributed by atoms with Crippen LogP contribution in [0.4, 0.5) is 4.39 Å². The monoisotopic (exact) mass is 1950 g/mol. The van der Waals surface area contributed by atoms with Crippen LogP contribution >= 0.6 is 139 Å². The summed E-state index contributed by atoms with van der Waals surface area (Å²) in [7, 11) is 3.50. The largest absolute Gasteiger partial charge is 0.383 e. The van der Waals surface area contributed by atoms with Crippen molar-refractivity contribution in [1.82, 2.24) is 29.4 Å². The summed E-state index contributed by atoms with van der Waals surface area (Å²) in [5.74, 6) is 3.56. The molecule has 0 N–H and O–H groups in total. The van der Waals surface area contributed by atoms with E-state index in [9.17, 15) is 9.65 Å². The second kappa shape index (κ2) is 49.9. The Morgan fingerprint density at radius 2 is 0.528 bits per heavy atom. The first-order valence-electron chi connectivity index (χ1n) is 45.7. The maximum absolute atomic E-state index is 14.6. The molecule has 6 fully saturated rings. The van der Waals surface area contributed by atoms with Crippen LogP contribution in [0.2, 0.25) is 60.3 Å². The van der Waals surface area contributed by atoms with Gasteiger partial charge in [-0.2, -0.15) is 5.26 Å². The molecule has 0 spiro atoms. The minimum absolute atomic E-state index is 0.0839. The molecule has 6 heterocycles. The molecule has 6 atom stereocenters. The van der Waals surface area contributed by atoms with Crippen molar-refractivity contribution in [2.45, 2.75) is 257 Å². The summed E-state index contributed by atoms with van der Waals surface area (Å²) < 4.78 is 25.5. The van der Waals surface area contributed by atoms with Gasteiger partial charge in [-0.25, -0.2) is 4.39 Å². The van der Waals surface area contributed by atoms with E-state index in [1.165, 1.54) is 62.5 Å². The highest BCUT2D eigenvalue weighted by Crippen LogP contribution is 2.47. The molecule has 6 aromatic rings. The maximum atomic E-state index is 14.6. The van der Waals surface area contributed by atoms with E-state index < -0.39 is 5.67 Å². The topological polar surface area (TPSA) is 61.7 Å². The first kappa shape index (κ1) is 110. The Bertz CT molecular complexity index is 3910. The van der Waals surface area contributed by atoms with E-state index in [4.69, 9.17) is 149 Å². The molecule has 0 aliphatic carbocycles. The number of likely N-dealkylation sites (tertiary alicyclic amines) is 6. The van der Waals surface area contributed by atoms with E-state index in [-0.39, 0.29) is 35.5 Å². The minimum atomic E-state index is -1.01. The number of hydrogen-bond acceptors (Lipinski definition) is 9. The molecule has 0 amide bonds. The number of nitrogens with zero attached hydrogens (tertiary/aromatic N) is 7. The summed E-state index contributed by atoms with van der Waals surface area (Å²) in [5.41, 5.74) is 7.55. The standard InChI is InChI=1S/2C18H27Cl2NO.C17H22Cl2N2.2C17H25Cl2N.C16H22Cl2FN/c2*1-18(2,3)14-5-7-21(8-6-14)17(12-22-4)13-9-15(19)11-16(20)10-13;1-12(2)17(11-20)4-6-21(7-5-17)13(3)14-8-15(18)10-16(19)9-14;2*1-12(2)17(4)5-7-20(8-6-17)13(3)14-9-15(18)11-16(19)10-14;1-11(2)16(19)4-6-20(7-5-16)12(3)13-8-14(17)10-15(18)9-13/h2*9-11,14,17H,5-8,12H2,1-4H3;8-10,12-13H,4-7H2,1-3H3;2*9-13H,5-8H2,1-4H3;8-12H,4-7H2,1-3H3/t2*17-;3*13-;/m10010./s1. The molecule has 6 aliphatic rings. The number of nitriles is 1. The number of ether oxygens (including phenoxy) is 2. The summed E-state index contributed by atoms with van der Waals surface area (Å²) in [6, 6.07) is 38.9. The number of benzene rings is 6. The van der Waals surface area contributed by atoms with E-state index in [1.54, 1.807) is 50.6 Å². The van der Waals surface area contributed by atoms with E-state index in [0.717, 1.165) is 157 Å². The van der Waals surface area contributed by atoms with Gasteiger partial charge in [-0.05, 0) is 357 Å². The second-order valence-corrected chi connectivity index (χ2v) is 45.8. The molecule has 698 valence electrons. The van der Waals surface area contributed by atoms with Crippen LogP contribution in [-0.2, 0) is 9.47 Å². The molecule has 6 aromatic carbocycles. The lowest BCUT2D eigenvalue weighted by atomic mass is 9.71. The van der Waals surface area contributed by atoms with Crippen LogP contribution < -0.4 is 0 Å². The Balaban J connectivity index is 0.000000206. The molecule has 22 heteroatoms. The highest BCUT2D eigenvalue weighted by atomic mass is 35.5. The lowest BCUT2D eigenvalue weighted by Crippen LogP contribution is -2.45. The Labute approximate surface area is 815 Å². The predicted molar refractivity (Wildman–Crippen MR) is 540 cm³/mol. The van der Waals surface area contributed by atoms with Crippen LogP contribution in [0, 0.1) is 73.9 Å². The average Bonchev–Trinajstić information content (AvgIpc) is 0.816. The van der Waals surface area contributed by atoms with Crippen molar-refractivity contribution >= 4 is 139 Å². The Hall–Kier alpha value is -2.10. The normalized spacial score (nSPS) is 20.4. The zero-order valence-electron chi connectivity index (χ0n) is 79.1. The molecule has 1 unspecified atom stereocenters. The van der Waals surface area contributed by atoms with Crippen LogP contribution in [-0.4, -0.2) is 141 Å². The first-order valence-corrected chi connectivity index (χ1v) is 50.3. The quantitative estimate of drug-likeness (QED) is 0.0744. The van der Waals surface area contributed by atoms with E-state index >= 15 is 0 Å². The number of alkyl halides is 1. The molecule has 6 aliphatic heterocycles. The van der Waals surface area contributed by atoms with Crippen LogP contribution in [0.3, 0.4) is 0 Å². The third-order valence-corrected chi connectivity index (χ3v) is 32.2. The Kier molecular flexibility index (Phi) is 43.9. The van der Waals surface area contributed by atoms with E-state index in [2.05, 4.69) is 160 Å². The predicted octanol–water partition coefficient (Wildman–Crippen LogP) is 33.3. The summed E-state index contributed by atoms with van der Waals surface area (Å²) >= 11 is 73.5. The zero-order valence-corrected chi connectivity index (χ0v) is 88.1. The minimum Gasteiger partial charge on any atom is -0.383 e. The van der Waals surface area contributed by atoms with Crippen LogP contribution in [0.15, 0.2) is 109 Å². The van der Waals surface area contributed by atoms with Crippen molar-refractivity contribution in [1.29, 1.82) is 5.26 Å². The molecule has 0 aromatic heterocycles. The van der Waals surface area contributed by atoms with Crippen molar-refractivity contribution in [2.75, 3.05) is 106 Å². The molecular weight excluding hydrogens is 1810 g/mol. The number of hydrogen-bond donors (Lipinski definition) is 0. The van der Waals surface area contributed by atoms with Crippen LogP contribution in [0.25, 0.3) is 0 Å². The molecule has 9 nitrogen and oxygen atoms in total. The third-order valence-electron chi connectivity index (χ3n) is 29.6. The van der Waals surface area contributed by atoms with Gasteiger partial charge in [0, 0.05) is 125 Å². The molecule has 12 rings (SSSR count). The lowest BCUT2D eigenvalue weighted by molar-refractivity contribution is 0.00744. The van der Waals surface area contributed by atoms with Gasteiger partial charge in [0.05, 0.1) is 36.8 Å². The molecule has 0 saturated carbocycles. The molecule has 0 radical (unpaired) electrons. The second-order valence-electron chi connectivity index (χ2n) is 40.6. The van der Waals surface area contributed by atoms with Crippen molar-refractivity contribution in [2.24, 2.45) is 62.6 Å². The summed E-state index contributed by atoms with van der Waals surface area (Å²) in [6.45, 7) is 59.1. The Morgan fingerprint density at radius 1 is 0.320 bits per heavy atom. The fraction of sp³-hybridized carbons (Fsp3) is 0.641.